The van der Waals surface area contributed by atoms with E-state index in [4.69, 9.17) is 0 Å². The lowest BCUT2D eigenvalue weighted by Gasteiger charge is -2.13. The first-order valence-electron chi connectivity index (χ1n) is 6.87. The SMILES string of the molecule is CN(C)CCC(=O)NCc1cccc(NC(=O)N(C)C)c1. The summed E-state index contributed by atoms with van der Waals surface area (Å²) < 4.78 is 0. The first-order valence-corrected chi connectivity index (χ1v) is 6.87. The molecule has 0 radical (unpaired) electrons. The van der Waals surface area contributed by atoms with Crippen LogP contribution in [0.1, 0.15) is 12.0 Å². The largest absolute Gasteiger partial charge is 0.352 e. The number of benzene rings is 1. The zero-order valence-electron chi connectivity index (χ0n) is 13.1. The van der Waals surface area contributed by atoms with E-state index in [2.05, 4.69) is 10.6 Å². The second-order valence-corrected chi connectivity index (χ2v) is 5.35. The normalized spacial score (nSPS) is 10.3. The van der Waals surface area contributed by atoms with E-state index in [0.717, 1.165) is 12.1 Å². The van der Waals surface area contributed by atoms with Crippen LogP contribution in [0.5, 0.6) is 0 Å². The van der Waals surface area contributed by atoms with Gasteiger partial charge in [0.25, 0.3) is 0 Å². The molecule has 1 rings (SSSR count). The molecule has 0 atom stereocenters. The molecule has 6 heteroatoms. The topological polar surface area (TPSA) is 64.7 Å². The molecule has 0 spiro atoms. The fourth-order valence-electron chi connectivity index (χ4n) is 1.61. The molecule has 0 aliphatic rings. The quantitative estimate of drug-likeness (QED) is 0.832. The lowest BCUT2D eigenvalue weighted by Crippen LogP contribution is -2.28. The second kappa shape index (κ2) is 8.26. The highest BCUT2D eigenvalue weighted by Gasteiger charge is 2.05. The molecule has 0 aromatic heterocycles. The lowest BCUT2D eigenvalue weighted by atomic mass is 10.2. The summed E-state index contributed by atoms with van der Waals surface area (Å²) >= 11 is 0. The highest BCUT2D eigenvalue weighted by Crippen LogP contribution is 2.11. The van der Waals surface area contributed by atoms with Gasteiger partial charge < -0.3 is 20.4 Å². The number of carbonyl (C=O) groups is 2. The first kappa shape index (κ1) is 17.0. The van der Waals surface area contributed by atoms with E-state index >= 15 is 0 Å². The monoisotopic (exact) mass is 292 g/mol. The molecule has 0 aliphatic heterocycles. The van der Waals surface area contributed by atoms with Crippen molar-refractivity contribution in [1.29, 1.82) is 0 Å². The van der Waals surface area contributed by atoms with Crippen molar-refractivity contribution in [2.24, 2.45) is 0 Å². The molecule has 6 nitrogen and oxygen atoms in total. The summed E-state index contributed by atoms with van der Waals surface area (Å²) in [5.41, 5.74) is 1.67. The Bertz CT molecular complexity index is 486. The molecule has 116 valence electrons. The van der Waals surface area contributed by atoms with Crippen LogP contribution in [-0.2, 0) is 11.3 Å². The van der Waals surface area contributed by atoms with Gasteiger partial charge in [-0.2, -0.15) is 0 Å². The van der Waals surface area contributed by atoms with Crippen LogP contribution in [-0.4, -0.2) is 56.5 Å². The van der Waals surface area contributed by atoms with Gasteiger partial charge in [-0.05, 0) is 31.8 Å². The molecule has 0 saturated heterocycles. The van der Waals surface area contributed by atoms with Crippen molar-refractivity contribution in [1.82, 2.24) is 15.1 Å². The van der Waals surface area contributed by atoms with Crippen molar-refractivity contribution >= 4 is 17.6 Å². The molecule has 0 saturated carbocycles. The Morgan fingerprint density at radius 3 is 2.48 bits per heavy atom. The fraction of sp³-hybridized carbons (Fsp3) is 0.467. The van der Waals surface area contributed by atoms with Gasteiger partial charge >= 0.3 is 6.03 Å². The van der Waals surface area contributed by atoms with Crippen LogP contribution in [0, 0.1) is 0 Å². The number of carbonyl (C=O) groups excluding carboxylic acids is 2. The Hall–Kier alpha value is -2.08. The third-order valence-corrected chi connectivity index (χ3v) is 2.86. The van der Waals surface area contributed by atoms with Crippen molar-refractivity contribution in [3.05, 3.63) is 29.8 Å². The summed E-state index contributed by atoms with van der Waals surface area (Å²) in [6, 6.07) is 7.26. The van der Waals surface area contributed by atoms with Crippen molar-refractivity contribution < 1.29 is 9.59 Å². The summed E-state index contributed by atoms with van der Waals surface area (Å²) in [6.07, 6.45) is 0.476. The van der Waals surface area contributed by atoms with Gasteiger partial charge in [0.15, 0.2) is 0 Å². The van der Waals surface area contributed by atoms with Crippen LogP contribution in [0.4, 0.5) is 10.5 Å². The highest BCUT2D eigenvalue weighted by atomic mass is 16.2. The summed E-state index contributed by atoms with van der Waals surface area (Å²) in [4.78, 5) is 26.7. The molecule has 0 bridgehead atoms. The standard InChI is InChI=1S/C15H24N4O2/c1-18(2)9-8-14(20)16-11-12-6-5-7-13(10-12)17-15(21)19(3)4/h5-7,10H,8-9,11H2,1-4H3,(H,16,20)(H,17,21). The van der Waals surface area contributed by atoms with Crippen molar-refractivity contribution in [2.45, 2.75) is 13.0 Å². The fourth-order valence-corrected chi connectivity index (χ4v) is 1.61. The van der Waals surface area contributed by atoms with Crippen LogP contribution < -0.4 is 10.6 Å². The lowest BCUT2D eigenvalue weighted by molar-refractivity contribution is -0.121. The number of rotatable bonds is 6. The van der Waals surface area contributed by atoms with Gasteiger partial charge in [0.1, 0.15) is 0 Å². The molecule has 1 aromatic rings. The number of nitrogens with one attached hydrogen (secondary N) is 2. The van der Waals surface area contributed by atoms with Crippen LogP contribution >= 0.6 is 0 Å². The summed E-state index contributed by atoms with van der Waals surface area (Å²) in [6.45, 7) is 1.18. The summed E-state index contributed by atoms with van der Waals surface area (Å²) in [5.74, 6) is 0.0198. The molecule has 0 heterocycles. The van der Waals surface area contributed by atoms with Gasteiger partial charge in [0, 0.05) is 39.3 Å². The molecular formula is C15H24N4O2. The molecule has 0 aliphatic carbocycles. The number of hydrogen-bond acceptors (Lipinski definition) is 3. The number of nitrogens with zero attached hydrogens (tertiary/aromatic N) is 2. The molecule has 3 amide bonds. The summed E-state index contributed by atoms with van der Waals surface area (Å²) in [7, 11) is 7.24. The predicted octanol–water partition coefficient (Wildman–Crippen LogP) is 1.35. The van der Waals surface area contributed by atoms with Gasteiger partial charge in [-0.1, -0.05) is 12.1 Å². The Kier molecular flexibility index (Phi) is 6.68. The van der Waals surface area contributed by atoms with Crippen LogP contribution in [0.25, 0.3) is 0 Å². The average molecular weight is 292 g/mol. The van der Waals surface area contributed by atoms with E-state index in [9.17, 15) is 9.59 Å². The third kappa shape index (κ3) is 6.76. The van der Waals surface area contributed by atoms with E-state index in [0.29, 0.717) is 18.7 Å². The predicted molar refractivity (Wildman–Crippen MR) is 84.2 cm³/mol. The van der Waals surface area contributed by atoms with Crippen molar-refractivity contribution in [2.75, 3.05) is 40.1 Å². The van der Waals surface area contributed by atoms with Gasteiger partial charge in [-0.25, -0.2) is 4.79 Å². The van der Waals surface area contributed by atoms with E-state index in [-0.39, 0.29) is 11.9 Å². The first-order chi connectivity index (χ1) is 9.88. The Balaban J connectivity index is 2.49. The number of amides is 3. The maximum absolute atomic E-state index is 11.7. The Morgan fingerprint density at radius 2 is 1.86 bits per heavy atom. The molecule has 21 heavy (non-hydrogen) atoms. The smallest absolute Gasteiger partial charge is 0.321 e. The highest BCUT2D eigenvalue weighted by molar-refractivity contribution is 5.89. The van der Waals surface area contributed by atoms with Gasteiger partial charge in [0.05, 0.1) is 0 Å². The van der Waals surface area contributed by atoms with Gasteiger partial charge in [-0.15, -0.1) is 0 Å². The molecule has 0 unspecified atom stereocenters. The van der Waals surface area contributed by atoms with Crippen LogP contribution in [0.3, 0.4) is 0 Å². The van der Waals surface area contributed by atoms with Crippen molar-refractivity contribution in [3.8, 4) is 0 Å². The van der Waals surface area contributed by atoms with E-state index < -0.39 is 0 Å². The van der Waals surface area contributed by atoms with Crippen molar-refractivity contribution in [3.63, 3.8) is 0 Å². The van der Waals surface area contributed by atoms with Gasteiger partial charge in [0.2, 0.25) is 5.91 Å². The minimum absolute atomic E-state index is 0.0198. The molecular weight excluding hydrogens is 268 g/mol. The molecule has 2 N–H and O–H groups in total. The maximum atomic E-state index is 11.7. The Labute approximate surface area is 126 Å². The zero-order chi connectivity index (χ0) is 15.8. The summed E-state index contributed by atoms with van der Waals surface area (Å²) in [5, 5.41) is 5.65. The van der Waals surface area contributed by atoms with Crippen LogP contribution in [0.15, 0.2) is 24.3 Å². The third-order valence-electron chi connectivity index (χ3n) is 2.86. The maximum Gasteiger partial charge on any atom is 0.321 e. The second-order valence-electron chi connectivity index (χ2n) is 5.35. The molecule has 0 fully saturated rings. The zero-order valence-corrected chi connectivity index (χ0v) is 13.1. The number of hydrogen-bond donors (Lipinski definition) is 2. The van der Waals surface area contributed by atoms with E-state index in [1.807, 2.05) is 43.3 Å². The van der Waals surface area contributed by atoms with Gasteiger partial charge in [-0.3, -0.25) is 4.79 Å². The van der Waals surface area contributed by atoms with E-state index in [1.54, 1.807) is 14.1 Å². The number of anilines is 1. The molecule has 1 aromatic carbocycles. The number of urea groups is 1. The minimum atomic E-state index is -0.179. The van der Waals surface area contributed by atoms with Crippen LogP contribution in [0.2, 0.25) is 0 Å². The van der Waals surface area contributed by atoms with E-state index in [1.165, 1.54) is 4.90 Å². The average Bonchev–Trinajstić information content (AvgIpc) is 2.43. The minimum Gasteiger partial charge on any atom is -0.352 e. The Morgan fingerprint density at radius 1 is 1.14 bits per heavy atom.